The number of amides is 2. The second kappa shape index (κ2) is 7.74. The number of thioether (sulfide) groups is 1. The highest BCUT2D eigenvalue weighted by atomic mass is 32.2. The maximum absolute atomic E-state index is 12.8. The highest BCUT2D eigenvalue weighted by molar-refractivity contribution is 8.15. The number of nitrogens with zero attached hydrogens (tertiary/aromatic N) is 4. The second-order valence-electron chi connectivity index (χ2n) is 6.42. The van der Waals surface area contributed by atoms with Gasteiger partial charge in [-0.1, -0.05) is 36.0 Å². The van der Waals surface area contributed by atoms with Crippen molar-refractivity contribution in [1.82, 2.24) is 4.90 Å². The van der Waals surface area contributed by atoms with Crippen LogP contribution in [0.25, 0.3) is 0 Å². The van der Waals surface area contributed by atoms with Gasteiger partial charge in [0, 0.05) is 17.8 Å². The van der Waals surface area contributed by atoms with E-state index in [2.05, 4.69) is 16.4 Å². The molecule has 2 aliphatic rings. The molecule has 7 nitrogen and oxygen atoms in total. The molecule has 1 fully saturated rings. The highest BCUT2D eigenvalue weighted by Gasteiger charge is 2.41. The number of amidine groups is 1. The van der Waals surface area contributed by atoms with E-state index in [9.17, 15) is 9.59 Å². The minimum Gasteiger partial charge on any atom is -0.334 e. The molecule has 0 spiro atoms. The molecule has 1 saturated heterocycles. The van der Waals surface area contributed by atoms with Crippen molar-refractivity contribution < 1.29 is 9.59 Å². The van der Waals surface area contributed by atoms with E-state index in [0.29, 0.717) is 29.8 Å². The molecule has 4 rings (SSSR count). The van der Waals surface area contributed by atoms with E-state index in [-0.39, 0.29) is 18.2 Å². The number of fused-ring (bicyclic) bond motifs is 1. The number of rotatable bonds is 4. The van der Waals surface area contributed by atoms with E-state index in [0.717, 1.165) is 5.69 Å². The Kier molecular flexibility index (Phi) is 5.00. The van der Waals surface area contributed by atoms with E-state index in [1.807, 2.05) is 47.4 Å². The first-order valence-corrected chi connectivity index (χ1v) is 9.64. The summed E-state index contributed by atoms with van der Waals surface area (Å²) in [6.45, 7) is 0.764. The third-order valence-electron chi connectivity index (χ3n) is 4.48. The predicted octanol–water partition coefficient (Wildman–Crippen LogP) is 2.62. The van der Waals surface area contributed by atoms with Gasteiger partial charge in [0.1, 0.15) is 18.6 Å². The Balaban J connectivity index is 1.41. The molecule has 2 amide bonds. The van der Waals surface area contributed by atoms with Gasteiger partial charge < -0.3 is 10.2 Å². The zero-order chi connectivity index (χ0) is 19.5. The Hall–Kier alpha value is -3.31. The van der Waals surface area contributed by atoms with E-state index in [1.54, 1.807) is 17.0 Å². The Morgan fingerprint density at radius 1 is 1.25 bits per heavy atom. The van der Waals surface area contributed by atoms with E-state index in [1.165, 1.54) is 11.8 Å². The van der Waals surface area contributed by atoms with Gasteiger partial charge >= 0.3 is 0 Å². The summed E-state index contributed by atoms with van der Waals surface area (Å²) in [6, 6.07) is 18.5. The average Bonchev–Trinajstić information content (AvgIpc) is 3.03. The first kappa shape index (κ1) is 18.1. The lowest BCUT2D eigenvalue weighted by Gasteiger charge is -2.32. The van der Waals surface area contributed by atoms with E-state index < -0.39 is 5.25 Å². The molecule has 0 aliphatic carbocycles. The third kappa shape index (κ3) is 3.70. The summed E-state index contributed by atoms with van der Waals surface area (Å²) in [5.41, 5.74) is 2.11. The van der Waals surface area contributed by atoms with Crippen molar-refractivity contribution in [2.75, 3.05) is 23.6 Å². The molecule has 28 heavy (non-hydrogen) atoms. The summed E-state index contributed by atoms with van der Waals surface area (Å²) in [7, 11) is 0. The van der Waals surface area contributed by atoms with Crippen LogP contribution in [0.3, 0.4) is 0 Å². The fourth-order valence-corrected chi connectivity index (χ4v) is 4.21. The summed E-state index contributed by atoms with van der Waals surface area (Å²) in [5.74, 6) is -0.316. The number of anilines is 2. The second-order valence-corrected chi connectivity index (χ2v) is 7.59. The van der Waals surface area contributed by atoms with Gasteiger partial charge in [-0.25, -0.2) is 4.99 Å². The fourth-order valence-electron chi connectivity index (χ4n) is 3.09. The maximum atomic E-state index is 12.8. The standard InChI is InChI=1S/C20H17N5O2S/c21-11-14-5-4-8-16(9-14)24-12-22-20-25(13-24)19(27)17(28-20)10-18(26)23-15-6-2-1-3-7-15/h1-9,17H,10,12-13H2,(H,23,26)/t17-/m1/s1. The average molecular weight is 391 g/mol. The van der Waals surface area contributed by atoms with Gasteiger partial charge in [-0.15, -0.1) is 0 Å². The molecular weight excluding hydrogens is 374 g/mol. The van der Waals surface area contributed by atoms with Crippen molar-refractivity contribution in [1.29, 1.82) is 5.26 Å². The smallest absolute Gasteiger partial charge is 0.244 e. The summed E-state index contributed by atoms with van der Waals surface area (Å²) in [5, 5.41) is 12.1. The highest BCUT2D eigenvalue weighted by Crippen LogP contribution is 2.33. The van der Waals surface area contributed by atoms with Gasteiger partial charge in [0.2, 0.25) is 11.8 Å². The number of hydrogen-bond acceptors (Lipinski definition) is 6. The number of hydrogen-bond donors (Lipinski definition) is 1. The summed E-state index contributed by atoms with van der Waals surface area (Å²) >= 11 is 1.33. The molecule has 140 valence electrons. The Morgan fingerprint density at radius 2 is 2.07 bits per heavy atom. The molecule has 2 aromatic carbocycles. The van der Waals surface area contributed by atoms with Crippen molar-refractivity contribution in [2.45, 2.75) is 11.7 Å². The van der Waals surface area contributed by atoms with Crippen LogP contribution in [0.1, 0.15) is 12.0 Å². The Labute approximate surface area is 166 Å². The lowest BCUT2D eigenvalue weighted by atomic mass is 10.2. The quantitative estimate of drug-likeness (QED) is 0.865. The van der Waals surface area contributed by atoms with Gasteiger partial charge in [-0.05, 0) is 30.3 Å². The van der Waals surface area contributed by atoms with Crippen LogP contribution in [0.5, 0.6) is 0 Å². The molecular formula is C20H17N5O2S. The van der Waals surface area contributed by atoms with Crippen LogP contribution in [0, 0.1) is 11.3 Å². The molecule has 1 atom stereocenters. The molecule has 0 saturated carbocycles. The Morgan fingerprint density at radius 3 is 2.86 bits per heavy atom. The largest absolute Gasteiger partial charge is 0.334 e. The first-order chi connectivity index (χ1) is 13.6. The third-order valence-corrected chi connectivity index (χ3v) is 5.69. The van der Waals surface area contributed by atoms with Crippen molar-refractivity contribution in [3.63, 3.8) is 0 Å². The first-order valence-electron chi connectivity index (χ1n) is 8.76. The number of para-hydroxylation sites is 1. The van der Waals surface area contributed by atoms with Crippen molar-refractivity contribution in [3.8, 4) is 6.07 Å². The van der Waals surface area contributed by atoms with Gasteiger partial charge in [0.05, 0.1) is 11.6 Å². The van der Waals surface area contributed by atoms with Crippen molar-refractivity contribution >= 4 is 40.1 Å². The van der Waals surface area contributed by atoms with Gasteiger partial charge in [-0.2, -0.15) is 5.26 Å². The number of benzene rings is 2. The molecule has 0 radical (unpaired) electrons. The number of nitrogens with one attached hydrogen (secondary N) is 1. The molecule has 1 N–H and O–H groups in total. The van der Waals surface area contributed by atoms with Crippen LogP contribution in [0.15, 0.2) is 59.6 Å². The zero-order valence-electron chi connectivity index (χ0n) is 14.9. The fraction of sp³-hybridized carbons (Fsp3) is 0.200. The van der Waals surface area contributed by atoms with Crippen molar-refractivity contribution in [2.24, 2.45) is 4.99 Å². The summed E-state index contributed by atoms with van der Waals surface area (Å²) in [6.07, 6.45) is 0.0951. The van der Waals surface area contributed by atoms with Crippen LogP contribution in [0.4, 0.5) is 11.4 Å². The molecule has 2 aliphatic heterocycles. The van der Waals surface area contributed by atoms with Gasteiger partial charge in [0.25, 0.3) is 0 Å². The maximum Gasteiger partial charge on any atom is 0.244 e. The monoisotopic (exact) mass is 391 g/mol. The van der Waals surface area contributed by atoms with Crippen LogP contribution in [0.2, 0.25) is 0 Å². The van der Waals surface area contributed by atoms with Crippen LogP contribution < -0.4 is 10.2 Å². The minimum absolute atomic E-state index is 0.0951. The topological polar surface area (TPSA) is 88.8 Å². The molecule has 0 unspecified atom stereocenters. The number of carbonyl (C=O) groups excluding carboxylic acids is 2. The number of carbonyl (C=O) groups is 2. The minimum atomic E-state index is -0.479. The molecule has 0 aromatic heterocycles. The van der Waals surface area contributed by atoms with Crippen molar-refractivity contribution in [3.05, 3.63) is 60.2 Å². The molecule has 0 bridgehead atoms. The molecule has 8 heteroatoms. The summed E-state index contributed by atoms with van der Waals surface area (Å²) in [4.78, 5) is 33.1. The van der Waals surface area contributed by atoms with E-state index >= 15 is 0 Å². The van der Waals surface area contributed by atoms with Crippen LogP contribution >= 0.6 is 11.8 Å². The normalized spacial score (nSPS) is 18.3. The Bertz CT molecular complexity index is 986. The van der Waals surface area contributed by atoms with Crippen LogP contribution in [-0.2, 0) is 9.59 Å². The zero-order valence-corrected chi connectivity index (χ0v) is 15.7. The number of aliphatic imine (C=N–C) groups is 1. The van der Waals surface area contributed by atoms with Crippen LogP contribution in [-0.4, -0.2) is 40.5 Å². The lowest BCUT2D eigenvalue weighted by Crippen LogP contribution is -2.46. The molecule has 2 heterocycles. The SMILES string of the molecule is N#Cc1cccc(N2CN=C3S[C@H](CC(=O)Nc4ccccc4)C(=O)N3C2)c1. The van der Waals surface area contributed by atoms with E-state index in [4.69, 9.17) is 5.26 Å². The summed E-state index contributed by atoms with van der Waals surface area (Å²) < 4.78 is 0. The van der Waals surface area contributed by atoms with Gasteiger partial charge in [-0.3, -0.25) is 14.5 Å². The lowest BCUT2D eigenvalue weighted by molar-refractivity contribution is -0.128. The predicted molar refractivity (Wildman–Crippen MR) is 109 cm³/mol. The van der Waals surface area contributed by atoms with Gasteiger partial charge in [0.15, 0.2) is 5.17 Å². The number of nitriles is 1. The molecule has 2 aromatic rings.